The fourth-order valence-electron chi connectivity index (χ4n) is 3.01. The number of H-pyrrole nitrogens is 1. The lowest BCUT2D eigenvalue weighted by Crippen LogP contribution is -2.23. The summed E-state index contributed by atoms with van der Waals surface area (Å²) in [5, 5.41) is 6.70. The van der Waals surface area contributed by atoms with E-state index in [0.29, 0.717) is 17.0 Å². The van der Waals surface area contributed by atoms with Crippen LogP contribution in [0.15, 0.2) is 65.4 Å². The van der Waals surface area contributed by atoms with Gasteiger partial charge in [-0.2, -0.15) is 0 Å². The lowest BCUT2D eigenvalue weighted by molar-refractivity contribution is 0.0946. The van der Waals surface area contributed by atoms with Crippen molar-refractivity contribution in [2.45, 2.75) is 13.5 Å². The molecule has 8 heteroatoms. The van der Waals surface area contributed by atoms with Crippen molar-refractivity contribution < 1.29 is 18.5 Å². The van der Waals surface area contributed by atoms with Gasteiger partial charge in [-0.3, -0.25) is 14.6 Å². The average Bonchev–Trinajstić information content (AvgIpc) is 3.40. The molecule has 150 valence electrons. The Labute approximate surface area is 170 Å². The molecule has 0 atom stereocenters. The van der Waals surface area contributed by atoms with Gasteiger partial charge in [0.2, 0.25) is 0 Å². The van der Waals surface area contributed by atoms with Crippen LogP contribution in [0.25, 0.3) is 11.3 Å². The number of amides is 1. The van der Waals surface area contributed by atoms with Crippen LogP contribution in [0.2, 0.25) is 0 Å². The third-order valence-corrected chi connectivity index (χ3v) is 4.55. The highest BCUT2D eigenvalue weighted by Gasteiger charge is 2.24. The largest absolute Gasteiger partial charge is 0.360 e. The first kappa shape index (κ1) is 19.3. The SMILES string of the molecule is Cc1onc(-c2ccc(F)cc2)c1C(=O)c1c[nH]c(C(=O)NCc2ccccn2)c1. The van der Waals surface area contributed by atoms with Gasteiger partial charge >= 0.3 is 0 Å². The Balaban J connectivity index is 1.54. The molecule has 0 radical (unpaired) electrons. The smallest absolute Gasteiger partial charge is 0.268 e. The molecule has 0 bridgehead atoms. The standard InChI is InChI=1S/C22H17FN4O3/c1-13-19(20(27-30-13)14-5-7-16(23)8-6-14)21(28)15-10-18(25-11-15)22(29)26-12-17-4-2-3-9-24-17/h2-11,25H,12H2,1H3,(H,26,29). The van der Waals surface area contributed by atoms with Gasteiger partial charge in [-0.1, -0.05) is 11.2 Å². The van der Waals surface area contributed by atoms with E-state index in [1.165, 1.54) is 36.5 Å². The summed E-state index contributed by atoms with van der Waals surface area (Å²) in [4.78, 5) is 32.4. The number of benzene rings is 1. The summed E-state index contributed by atoms with van der Waals surface area (Å²) in [5.74, 6) is -0.769. The van der Waals surface area contributed by atoms with Crippen LogP contribution in [0.4, 0.5) is 4.39 Å². The molecule has 3 aromatic heterocycles. The van der Waals surface area contributed by atoms with E-state index in [1.807, 2.05) is 6.07 Å². The van der Waals surface area contributed by atoms with Crippen LogP contribution in [-0.4, -0.2) is 26.8 Å². The van der Waals surface area contributed by atoms with Gasteiger partial charge < -0.3 is 14.8 Å². The summed E-state index contributed by atoms with van der Waals surface area (Å²) in [6.45, 7) is 1.89. The van der Waals surface area contributed by atoms with E-state index in [4.69, 9.17) is 4.52 Å². The molecule has 0 saturated carbocycles. The molecule has 0 fully saturated rings. The first-order chi connectivity index (χ1) is 14.5. The van der Waals surface area contributed by atoms with Gasteiger partial charge in [0.05, 0.1) is 17.8 Å². The zero-order valence-corrected chi connectivity index (χ0v) is 16.0. The topological polar surface area (TPSA) is 101 Å². The van der Waals surface area contributed by atoms with Crippen LogP contribution in [0, 0.1) is 12.7 Å². The maximum absolute atomic E-state index is 13.2. The Kier molecular flexibility index (Phi) is 5.21. The number of hydrogen-bond donors (Lipinski definition) is 2. The molecule has 3 heterocycles. The molecule has 7 nitrogen and oxygen atoms in total. The molecule has 30 heavy (non-hydrogen) atoms. The second-order valence-electron chi connectivity index (χ2n) is 6.60. The summed E-state index contributed by atoms with van der Waals surface area (Å²) in [6.07, 6.45) is 3.10. The predicted molar refractivity (Wildman–Crippen MR) is 106 cm³/mol. The van der Waals surface area contributed by atoms with Crippen LogP contribution in [0.3, 0.4) is 0 Å². The number of nitrogens with zero attached hydrogens (tertiary/aromatic N) is 2. The Hall–Kier alpha value is -4.07. The van der Waals surface area contributed by atoms with E-state index >= 15 is 0 Å². The molecule has 2 N–H and O–H groups in total. The van der Waals surface area contributed by atoms with Crippen LogP contribution in [0.1, 0.15) is 37.9 Å². The number of hydrogen-bond acceptors (Lipinski definition) is 5. The predicted octanol–water partition coefficient (Wildman–Crippen LogP) is 3.67. The van der Waals surface area contributed by atoms with Crippen LogP contribution >= 0.6 is 0 Å². The fraction of sp³-hybridized carbons (Fsp3) is 0.0909. The fourth-order valence-corrected chi connectivity index (χ4v) is 3.01. The van der Waals surface area contributed by atoms with Crippen molar-refractivity contribution in [3.63, 3.8) is 0 Å². The quantitative estimate of drug-likeness (QED) is 0.478. The molecule has 4 aromatic rings. The van der Waals surface area contributed by atoms with Gasteiger partial charge in [0.15, 0.2) is 5.78 Å². The monoisotopic (exact) mass is 404 g/mol. The molecule has 1 aromatic carbocycles. The van der Waals surface area contributed by atoms with Crippen LogP contribution in [0.5, 0.6) is 0 Å². The number of pyridine rings is 1. The van der Waals surface area contributed by atoms with E-state index in [-0.39, 0.29) is 40.9 Å². The lowest BCUT2D eigenvalue weighted by Gasteiger charge is -2.03. The zero-order valence-electron chi connectivity index (χ0n) is 16.0. The van der Waals surface area contributed by atoms with Crippen LogP contribution in [-0.2, 0) is 6.54 Å². The summed E-state index contributed by atoms with van der Waals surface area (Å²) in [6, 6.07) is 12.5. The minimum Gasteiger partial charge on any atom is -0.360 e. The highest BCUT2D eigenvalue weighted by atomic mass is 19.1. The third kappa shape index (κ3) is 3.88. The molecule has 0 aliphatic rings. The number of aromatic amines is 1. The van der Waals surface area contributed by atoms with Crippen molar-refractivity contribution in [1.29, 1.82) is 0 Å². The molecule has 1 amide bonds. The Bertz CT molecular complexity index is 1200. The van der Waals surface area contributed by atoms with Crippen molar-refractivity contribution in [2.24, 2.45) is 0 Å². The highest BCUT2D eigenvalue weighted by Crippen LogP contribution is 2.28. The first-order valence-corrected chi connectivity index (χ1v) is 9.16. The molecule has 0 saturated heterocycles. The van der Waals surface area contributed by atoms with Gasteiger partial charge in [0.25, 0.3) is 5.91 Å². The van der Waals surface area contributed by atoms with Gasteiger partial charge in [-0.25, -0.2) is 4.39 Å². The van der Waals surface area contributed by atoms with Gasteiger partial charge in [0, 0.05) is 23.5 Å². The van der Waals surface area contributed by atoms with Gasteiger partial charge in [-0.15, -0.1) is 0 Å². The number of aryl methyl sites for hydroxylation is 1. The maximum Gasteiger partial charge on any atom is 0.268 e. The Morgan fingerprint density at radius 1 is 1.17 bits per heavy atom. The Morgan fingerprint density at radius 2 is 1.97 bits per heavy atom. The highest BCUT2D eigenvalue weighted by molar-refractivity contribution is 6.13. The number of ketones is 1. The summed E-state index contributed by atoms with van der Waals surface area (Å²) in [5.41, 5.74) is 2.39. The summed E-state index contributed by atoms with van der Waals surface area (Å²) >= 11 is 0. The molecule has 0 spiro atoms. The number of carbonyl (C=O) groups excluding carboxylic acids is 2. The minimum atomic E-state index is -0.390. The number of nitrogens with one attached hydrogen (secondary N) is 2. The molecule has 0 unspecified atom stereocenters. The van der Waals surface area contributed by atoms with Crippen molar-refractivity contribution in [3.8, 4) is 11.3 Å². The third-order valence-electron chi connectivity index (χ3n) is 4.55. The van der Waals surface area contributed by atoms with Crippen molar-refractivity contribution in [3.05, 3.63) is 95.0 Å². The van der Waals surface area contributed by atoms with Gasteiger partial charge in [-0.05, 0) is 49.4 Å². The number of carbonyl (C=O) groups is 2. The van der Waals surface area contributed by atoms with Crippen molar-refractivity contribution in [2.75, 3.05) is 0 Å². The van der Waals surface area contributed by atoms with E-state index in [0.717, 1.165) is 5.69 Å². The van der Waals surface area contributed by atoms with E-state index in [9.17, 15) is 14.0 Å². The van der Waals surface area contributed by atoms with E-state index < -0.39 is 0 Å². The number of aromatic nitrogens is 3. The molecule has 0 aliphatic heterocycles. The molecular weight excluding hydrogens is 387 g/mol. The summed E-state index contributed by atoms with van der Waals surface area (Å²) < 4.78 is 18.4. The summed E-state index contributed by atoms with van der Waals surface area (Å²) in [7, 11) is 0. The second-order valence-corrected chi connectivity index (χ2v) is 6.60. The first-order valence-electron chi connectivity index (χ1n) is 9.16. The van der Waals surface area contributed by atoms with Crippen molar-refractivity contribution in [1.82, 2.24) is 20.4 Å². The maximum atomic E-state index is 13.2. The van der Waals surface area contributed by atoms with Crippen molar-refractivity contribution >= 4 is 11.7 Å². The molecule has 0 aliphatic carbocycles. The van der Waals surface area contributed by atoms with E-state index in [2.05, 4.69) is 20.4 Å². The minimum absolute atomic E-state index is 0.242. The lowest BCUT2D eigenvalue weighted by atomic mass is 9.99. The van der Waals surface area contributed by atoms with Crippen LogP contribution < -0.4 is 5.32 Å². The molecule has 4 rings (SSSR count). The van der Waals surface area contributed by atoms with E-state index in [1.54, 1.807) is 25.3 Å². The number of halogens is 1. The Morgan fingerprint density at radius 3 is 2.70 bits per heavy atom. The normalized spacial score (nSPS) is 10.7. The number of rotatable bonds is 6. The van der Waals surface area contributed by atoms with Gasteiger partial charge in [0.1, 0.15) is 23.0 Å². The zero-order chi connectivity index (χ0) is 21.1. The average molecular weight is 404 g/mol. The molecular formula is C22H17FN4O3. The second kappa shape index (κ2) is 8.12.